The van der Waals surface area contributed by atoms with Crippen molar-refractivity contribution in [1.82, 2.24) is 5.32 Å². The van der Waals surface area contributed by atoms with Gasteiger partial charge in [0.1, 0.15) is 0 Å². The predicted octanol–water partition coefficient (Wildman–Crippen LogP) is 3.73. The number of nitro groups is 1. The van der Waals surface area contributed by atoms with Crippen LogP contribution in [0.3, 0.4) is 0 Å². The summed E-state index contributed by atoms with van der Waals surface area (Å²) in [6.45, 7) is 6.52. The van der Waals surface area contributed by atoms with E-state index in [4.69, 9.17) is 14.2 Å². The first-order valence-corrected chi connectivity index (χ1v) is 8.51. The maximum absolute atomic E-state index is 12.1. The zero-order valence-corrected chi connectivity index (χ0v) is 16.5. The predicted molar refractivity (Wildman–Crippen MR) is 100 cm³/mol. The Balaban J connectivity index is 2.56. The number of rotatable bonds is 5. The van der Waals surface area contributed by atoms with Crippen molar-refractivity contribution >= 4 is 23.7 Å². The highest BCUT2D eigenvalue weighted by Gasteiger charge is 2.33. The van der Waals surface area contributed by atoms with Crippen LogP contribution in [0.5, 0.6) is 0 Å². The molecule has 1 aromatic carbocycles. The molecule has 1 N–H and O–H groups in total. The molecule has 11 heteroatoms. The fraction of sp³-hybridized carbons (Fsp3) is 0.333. The van der Waals surface area contributed by atoms with Gasteiger partial charge in [-0.3, -0.25) is 10.1 Å². The molecular formula is C18H21N3O8. The molecule has 1 heterocycles. The minimum absolute atomic E-state index is 0.0827. The molecule has 0 unspecified atom stereocenters. The fourth-order valence-electron chi connectivity index (χ4n) is 2.46. The van der Waals surface area contributed by atoms with E-state index in [0.29, 0.717) is 11.4 Å². The Bertz CT molecular complexity index is 891. The maximum Gasteiger partial charge on any atom is 0.515 e. The summed E-state index contributed by atoms with van der Waals surface area (Å²) in [6, 6.07) is 5.51. The van der Waals surface area contributed by atoms with Crippen LogP contribution in [0.1, 0.15) is 27.7 Å². The highest BCUT2D eigenvalue weighted by Crippen LogP contribution is 2.34. The van der Waals surface area contributed by atoms with Gasteiger partial charge in [-0.1, -0.05) is 6.07 Å². The number of carbonyl (C=O) groups excluding carboxylic acids is 2. The number of hydrogen-bond acceptors (Lipinski definition) is 10. The van der Waals surface area contributed by atoms with Gasteiger partial charge >= 0.3 is 12.3 Å². The number of methoxy groups -OCH3 is 1. The van der Waals surface area contributed by atoms with Gasteiger partial charge < -0.3 is 24.3 Å². The summed E-state index contributed by atoms with van der Waals surface area (Å²) in [4.78, 5) is 35.7. The van der Waals surface area contributed by atoms with E-state index in [-0.39, 0.29) is 23.1 Å². The molecule has 0 amide bonds. The Morgan fingerprint density at radius 2 is 1.69 bits per heavy atom. The lowest BCUT2D eigenvalue weighted by Gasteiger charge is -2.33. The Hall–Kier alpha value is -3.76. The molecule has 1 aliphatic heterocycles. The molecule has 11 nitrogen and oxygen atoms in total. The van der Waals surface area contributed by atoms with Crippen LogP contribution >= 0.6 is 0 Å². The number of non-ortho nitro benzene ring substituents is 1. The van der Waals surface area contributed by atoms with Crippen molar-refractivity contribution < 1.29 is 33.5 Å². The van der Waals surface area contributed by atoms with Crippen molar-refractivity contribution in [3.8, 4) is 0 Å². The number of anilines is 1. The molecule has 0 bridgehead atoms. The lowest BCUT2D eigenvalue weighted by atomic mass is 10.2. The Kier molecular flexibility index (Phi) is 6.65. The number of carbonyl (C=O) groups is 2. The van der Waals surface area contributed by atoms with E-state index in [1.165, 1.54) is 29.2 Å². The molecule has 2 rings (SSSR count). The summed E-state index contributed by atoms with van der Waals surface area (Å²) in [7, 11) is 1.13. The van der Waals surface area contributed by atoms with E-state index < -0.39 is 23.3 Å². The van der Waals surface area contributed by atoms with Gasteiger partial charge in [-0.2, -0.15) is 0 Å². The Morgan fingerprint density at radius 3 is 2.21 bits per heavy atom. The fourth-order valence-corrected chi connectivity index (χ4v) is 2.46. The first kappa shape index (κ1) is 21.5. The lowest BCUT2D eigenvalue weighted by molar-refractivity contribution is -0.384. The third kappa shape index (κ3) is 5.15. The SMILES string of the molecule is COC(=O)OC1=C(C)NC(C)=C(OC(=O)OC(C)C)N1c1cccc([N+](=O)[O-])c1. The van der Waals surface area contributed by atoms with Gasteiger partial charge in [0, 0.05) is 12.1 Å². The van der Waals surface area contributed by atoms with E-state index in [1.54, 1.807) is 27.7 Å². The van der Waals surface area contributed by atoms with Gasteiger partial charge in [0.25, 0.3) is 5.69 Å². The largest absolute Gasteiger partial charge is 0.515 e. The third-order valence-corrected chi connectivity index (χ3v) is 3.58. The van der Waals surface area contributed by atoms with Crippen molar-refractivity contribution in [2.45, 2.75) is 33.8 Å². The molecule has 0 fully saturated rings. The first-order valence-electron chi connectivity index (χ1n) is 8.51. The number of benzene rings is 1. The molecule has 0 saturated heterocycles. The van der Waals surface area contributed by atoms with Gasteiger partial charge in [-0.05, 0) is 33.8 Å². The molecule has 0 spiro atoms. The number of hydrogen-bond donors (Lipinski definition) is 1. The number of ether oxygens (including phenoxy) is 4. The minimum atomic E-state index is -1.03. The standard InChI is InChI=1S/C18H21N3O8/c1-10(2)27-18(23)29-16-12(4)19-11(3)15(28-17(22)26-5)20(16)13-7-6-8-14(9-13)21(24)25/h6-10,19H,1-5H3. The average molecular weight is 407 g/mol. The zero-order valence-electron chi connectivity index (χ0n) is 16.5. The summed E-state index contributed by atoms with van der Waals surface area (Å²) < 4.78 is 20.1. The Labute approximate surface area is 166 Å². The Morgan fingerprint density at radius 1 is 1.10 bits per heavy atom. The van der Waals surface area contributed by atoms with Crippen LogP contribution in [-0.2, 0) is 18.9 Å². The molecule has 1 aliphatic rings. The normalized spacial score (nSPS) is 13.8. The van der Waals surface area contributed by atoms with Crippen molar-refractivity contribution in [2.24, 2.45) is 0 Å². The molecule has 0 saturated carbocycles. The van der Waals surface area contributed by atoms with Crippen molar-refractivity contribution in [1.29, 1.82) is 0 Å². The van der Waals surface area contributed by atoms with Crippen LogP contribution in [0.4, 0.5) is 21.0 Å². The second kappa shape index (κ2) is 8.95. The number of nitrogens with zero attached hydrogens (tertiary/aromatic N) is 2. The monoisotopic (exact) mass is 407 g/mol. The number of nitro benzene ring substituents is 1. The summed E-state index contributed by atoms with van der Waals surface area (Å²) in [5, 5.41) is 14.1. The molecule has 156 valence electrons. The first-order chi connectivity index (χ1) is 13.6. The summed E-state index contributed by atoms with van der Waals surface area (Å²) in [6.07, 6.45) is -2.46. The van der Waals surface area contributed by atoms with E-state index in [9.17, 15) is 19.7 Å². The van der Waals surface area contributed by atoms with Crippen LogP contribution in [-0.4, -0.2) is 30.4 Å². The number of nitrogens with one attached hydrogen (secondary N) is 1. The van der Waals surface area contributed by atoms with Crippen LogP contribution in [0.2, 0.25) is 0 Å². The van der Waals surface area contributed by atoms with Gasteiger partial charge in [0.15, 0.2) is 0 Å². The van der Waals surface area contributed by atoms with Crippen LogP contribution < -0.4 is 10.2 Å². The summed E-state index contributed by atoms with van der Waals surface area (Å²) in [5.74, 6) is -0.170. The quantitative estimate of drug-likeness (QED) is 0.438. The average Bonchev–Trinajstić information content (AvgIpc) is 2.64. The van der Waals surface area contributed by atoms with Crippen LogP contribution in [0.25, 0.3) is 0 Å². The van der Waals surface area contributed by atoms with Gasteiger partial charge in [-0.15, -0.1) is 0 Å². The van der Waals surface area contributed by atoms with Crippen molar-refractivity contribution in [2.75, 3.05) is 12.0 Å². The van der Waals surface area contributed by atoms with Crippen molar-refractivity contribution in [3.05, 3.63) is 57.5 Å². The highest BCUT2D eigenvalue weighted by atomic mass is 16.7. The molecule has 0 aromatic heterocycles. The molecule has 1 aromatic rings. The third-order valence-electron chi connectivity index (χ3n) is 3.58. The lowest BCUT2D eigenvalue weighted by Crippen LogP contribution is -2.37. The molecule has 29 heavy (non-hydrogen) atoms. The smallest absolute Gasteiger partial charge is 0.437 e. The molecular weight excluding hydrogens is 386 g/mol. The van der Waals surface area contributed by atoms with E-state index >= 15 is 0 Å². The van der Waals surface area contributed by atoms with Crippen LogP contribution in [0, 0.1) is 10.1 Å². The summed E-state index contributed by atoms with van der Waals surface area (Å²) in [5.41, 5.74) is 0.763. The van der Waals surface area contributed by atoms with Gasteiger partial charge in [0.05, 0.1) is 35.2 Å². The number of allylic oxidation sites excluding steroid dienone is 2. The van der Waals surface area contributed by atoms with Crippen molar-refractivity contribution in [3.63, 3.8) is 0 Å². The second-order valence-electron chi connectivity index (χ2n) is 6.17. The van der Waals surface area contributed by atoms with E-state index in [0.717, 1.165) is 7.11 Å². The highest BCUT2D eigenvalue weighted by molar-refractivity contribution is 5.69. The van der Waals surface area contributed by atoms with Gasteiger partial charge in [-0.25, -0.2) is 14.5 Å². The maximum atomic E-state index is 12.1. The molecule has 0 aliphatic carbocycles. The second-order valence-corrected chi connectivity index (χ2v) is 6.17. The van der Waals surface area contributed by atoms with E-state index in [1.807, 2.05) is 0 Å². The van der Waals surface area contributed by atoms with Gasteiger partial charge in [0.2, 0.25) is 11.8 Å². The summed E-state index contributed by atoms with van der Waals surface area (Å²) >= 11 is 0. The molecule has 0 atom stereocenters. The topological polar surface area (TPSA) is 129 Å². The minimum Gasteiger partial charge on any atom is -0.437 e. The van der Waals surface area contributed by atoms with Crippen LogP contribution in [0.15, 0.2) is 47.4 Å². The zero-order chi connectivity index (χ0) is 21.7. The molecule has 0 radical (unpaired) electrons. The van der Waals surface area contributed by atoms with E-state index in [2.05, 4.69) is 10.1 Å².